The zero-order chi connectivity index (χ0) is 16.7. The molecule has 0 fully saturated rings. The number of hydrogen-bond donors (Lipinski definition) is 1. The van der Waals surface area contributed by atoms with E-state index in [0.29, 0.717) is 11.3 Å². The summed E-state index contributed by atoms with van der Waals surface area (Å²) in [4.78, 5) is 6.58. The maximum absolute atomic E-state index is 13.5. The molecule has 0 unspecified atom stereocenters. The van der Waals surface area contributed by atoms with Gasteiger partial charge in [0.25, 0.3) is 0 Å². The van der Waals surface area contributed by atoms with Gasteiger partial charge in [-0.1, -0.05) is 41.7 Å². The SMILES string of the molecule is Cc1cc(-c2nc3sc(-c4ccccc4)cn3c2CO)ccc1F. The third-order valence-corrected chi connectivity index (χ3v) is 5.10. The van der Waals surface area contributed by atoms with E-state index < -0.39 is 0 Å². The van der Waals surface area contributed by atoms with Crippen LogP contribution in [-0.4, -0.2) is 14.5 Å². The van der Waals surface area contributed by atoms with Crippen molar-refractivity contribution in [1.82, 2.24) is 9.38 Å². The Morgan fingerprint density at radius 1 is 1.12 bits per heavy atom. The number of thiazole rings is 1. The third-order valence-electron chi connectivity index (χ3n) is 4.06. The van der Waals surface area contributed by atoms with Gasteiger partial charge in [0, 0.05) is 11.8 Å². The molecule has 0 atom stereocenters. The highest BCUT2D eigenvalue weighted by atomic mass is 32.1. The van der Waals surface area contributed by atoms with Gasteiger partial charge in [0.05, 0.1) is 22.9 Å². The molecule has 2 aromatic heterocycles. The van der Waals surface area contributed by atoms with E-state index in [9.17, 15) is 9.50 Å². The van der Waals surface area contributed by atoms with E-state index >= 15 is 0 Å². The highest BCUT2D eigenvalue weighted by Crippen LogP contribution is 2.33. The Labute approximate surface area is 142 Å². The van der Waals surface area contributed by atoms with E-state index in [0.717, 1.165) is 26.7 Å². The van der Waals surface area contributed by atoms with Gasteiger partial charge >= 0.3 is 0 Å². The van der Waals surface area contributed by atoms with Gasteiger partial charge < -0.3 is 5.11 Å². The molecular weight excluding hydrogens is 323 g/mol. The van der Waals surface area contributed by atoms with Crippen LogP contribution in [0.1, 0.15) is 11.3 Å². The molecule has 3 nitrogen and oxygen atoms in total. The molecule has 0 saturated carbocycles. The molecule has 0 aliphatic carbocycles. The monoisotopic (exact) mass is 338 g/mol. The fourth-order valence-electron chi connectivity index (χ4n) is 2.80. The van der Waals surface area contributed by atoms with Gasteiger partial charge in [-0.2, -0.15) is 0 Å². The second-order valence-electron chi connectivity index (χ2n) is 5.64. The minimum absolute atomic E-state index is 0.127. The molecule has 5 heteroatoms. The van der Waals surface area contributed by atoms with Crippen LogP contribution in [0.3, 0.4) is 0 Å². The fourth-order valence-corrected chi connectivity index (χ4v) is 3.81. The van der Waals surface area contributed by atoms with Gasteiger partial charge in [-0.3, -0.25) is 4.40 Å². The summed E-state index contributed by atoms with van der Waals surface area (Å²) in [5, 5.41) is 9.84. The van der Waals surface area contributed by atoms with E-state index in [2.05, 4.69) is 4.98 Å². The number of nitrogens with zero attached hydrogens (tertiary/aromatic N) is 2. The van der Waals surface area contributed by atoms with Crippen molar-refractivity contribution in [2.45, 2.75) is 13.5 Å². The zero-order valence-corrected chi connectivity index (χ0v) is 13.8. The molecular formula is C19H15FN2OS. The molecule has 2 aromatic carbocycles. The molecule has 0 saturated heterocycles. The average molecular weight is 338 g/mol. The van der Waals surface area contributed by atoms with Gasteiger partial charge in [0.15, 0.2) is 4.96 Å². The molecule has 4 aromatic rings. The largest absolute Gasteiger partial charge is 0.390 e. The summed E-state index contributed by atoms with van der Waals surface area (Å²) in [5.74, 6) is -0.239. The quantitative estimate of drug-likeness (QED) is 0.589. The van der Waals surface area contributed by atoms with Gasteiger partial charge in [-0.15, -0.1) is 0 Å². The predicted molar refractivity (Wildman–Crippen MR) is 94.6 cm³/mol. The molecule has 120 valence electrons. The van der Waals surface area contributed by atoms with Crippen LogP contribution in [0.25, 0.3) is 26.7 Å². The summed E-state index contributed by atoms with van der Waals surface area (Å²) in [6.45, 7) is 1.60. The van der Waals surface area contributed by atoms with Crippen molar-refractivity contribution in [3.8, 4) is 21.7 Å². The number of hydrogen-bond acceptors (Lipinski definition) is 3. The summed E-state index contributed by atoms with van der Waals surface area (Å²) < 4.78 is 15.4. The molecule has 0 aliphatic heterocycles. The van der Waals surface area contributed by atoms with Crippen molar-refractivity contribution in [1.29, 1.82) is 0 Å². The molecule has 1 N–H and O–H groups in total. The standard InChI is InChI=1S/C19H15FN2OS/c1-12-9-14(7-8-15(12)20)18-16(11-23)22-10-17(24-19(22)21-18)13-5-3-2-4-6-13/h2-10,23H,11H2,1H3. The second kappa shape index (κ2) is 5.85. The number of benzene rings is 2. The van der Waals surface area contributed by atoms with Crippen LogP contribution in [0.5, 0.6) is 0 Å². The molecule has 24 heavy (non-hydrogen) atoms. The van der Waals surface area contributed by atoms with Gasteiger partial charge in [-0.05, 0) is 36.2 Å². The van der Waals surface area contributed by atoms with Gasteiger partial charge in [0.2, 0.25) is 0 Å². The van der Waals surface area contributed by atoms with Crippen molar-refractivity contribution in [3.05, 3.63) is 71.8 Å². The van der Waals surface area contributed by atoms with Crippen molar-refractivity contribution in [2.75, 3.05) is 0 Å². The van der Waals surface area contributed by atoms with Crippen LogP contribution in [0.2, 0.25) is 0 Å². The van der Waals surface area contributed by atoms with Crippen molar-refractivity contribution < 1.29 is 9.50 Å². The van der Waals surface area contributed by atoms with E-state index in [-0.39, 0.29) is 12.4 Å². The predicted octanol–water partition coefficient (Wildman–Crippen LogP) is 4.67. The highest BCUT2D eigenvalue weighted by Gasteiger charge is 2.17. The van der Waals surface area contributed by atoms with Crippen LogP contribution in [0, 0.1) is 12.7 Å². The van der Waals surface area contributed by atoms with Gasteiger partial charge in [-0.25, -0.2) is 9.37 Å². The van der Waals surface area contributed by atoms with E-state index in [1.54, 1.807) is 30.4 Å². The molecule has 0 spiro atoms. The number of fused-ring (bicyclic) bond motifs is 1. The van der Waals surface area contributed by atoms with Crippen LogP contribution in [0.4, 0.5) is 4.39 Å². The molecule has 0 amide bonds. The first kappa shape index (κ1) is 15.1. The fraction of sp³-hybridized carbons (Fsp3) is 0.105. The van der Waals surface area contributed by atoms with Crippen molar-refractivity contribution in [2.24, 2.45) is 0 Å². The zero-order valence-electron chi connectivity index (χ0n) is 13.0. The third kappa shape index (κ3) is 2.42. The number of aromatic nitrogens is 2. The normalized spacial score (nSPS) is 11.3. The average Bonchev–Trinajstić information content (AvgIpc) is 3.15. The van der Waals surface area contributed by atoms with E-state index in [1.807, 2.05) is 40.9 Å². The van der Waals surface area contributed by atoms with E-state index in [1.165, 1.54) is 6.07 Å². The Kier molecular flexibility index (Phi) is 3.67. The Bertz CT molecular complexity index is 1020. The number of aliphatic hydroxyl groups is 1. The Morgan fingerprint density at radius 3 is 2.62 bits per heavy atom. The lowest BCUT2D eigenvalue weighted by molar-refractivity contribution is 0.276. The highest BCUT2D eigenvalue weighted by molar-refractivity contribution is 7.20. The Morgan fingerprint density at radius 2 is 1.92 bits per heavy atom. The summed E-state index contributed by atoms with van der Waals surface area (Å²) in [6.07, 6.45) is 1.99. The minimum Gasteiger partial charge on any atom is -0.390 e. The molecule has 0 bridgehead atoms. The first-order valence-electron chi connectivity index (χ1n) is 7.61. The lowest BCUT2D eigenvalue weighted by Gasteiger charge is -2.03. The molecule has 2 heterocycles. The number of halogens is 1. The first-order chi connectivity index (χ1) is 11.7. The Hall–Kier alpha value is -2.50. The summed E-state index contributed by atoms with van der Waals surface area (Å²) >= 11 is 1.57. The number of aryl methyl sites for hydroxylation is 1. The number of aliphatic hydroxyl groups excluding tert-OH is 1. The second-order valence-corrected chi connectivity index (χ2v) is 6.65. The van der Waals surface area contributed by atoms with Crippen LogP contribution >= 0.6 is 11.3 Å². The Balaban J connectivity index is 1.86. The topological polar surface area (TPSA) is 37.5 Å². The van der Waals surface area contributed by atoms with Crippen LogP contribution in [0.15, 0.2) is 54.7 Å². The van der Waals surface area contributed by atoms with Crippen molar-refractivity contribution in [3.63, 3.8) is 0 Å². The lowest BCUT2D eigenvalue weighted by Crippen LogP contribution is -1.93. The van der Waals surface area contributed by atoms with Crippen molar-refractivity contribution >= 4 is 16.3 Å². The van der Waals surface area contributed by atoms with E-state index in [4.69, 9.17) is 0 Å². The maximum Gasteiger partial charge on any atom is 0.195 e. The summed E-state index contributed by atoms with van der Waals surface area (Å²) in [5.41, 5.74) is 3.92. The minimum atomic E-state index is -0.239. The summed E-state index contributed by atoms with van der Waals surface area (Å²) in [6, 6.07) is 15.0. The molecule has 0 radical (unpaired) electrons. The van der Waals surface area contributed by atoms with Crippen LogP contribution < -0.4 is 0 Å². The van der Waals surface area contributed by atoms with Crippen LogP contribution in [-0.2, 0) is 6.61 Å². The molecule has 0 aliphatic rings. The molecule has 4 rings (SSSR count). The lowest BCUT2D eigenvalue weighted by atomic mass is 10.1. The smallest absolute Gasteiger partial charge is 0.195 e. The van der Waals surface area contributed by atoms with Gasteiger partial charge in [0.1, 0.15) is 5.82 Å². The number of rotatable bonds is 3. The summed E-state index contributed by atoms with van der Waals surface area (Å²) in [7, 11) is 0. The maximum atomic E-state index is 13.5. The number of imidazole rings is 1. The first-order valence-corrected chi connectivity index (χ1v) is 8.42.